The first-order valence-corrected chi connectivity index (χ1v) is 5.35. The Morgan fingerprint density at radius 2 is 2.07 bits per heavy atom. The van der Waals surface area contributed by atoms with E-state index in [9.17, 15) is 0 Å². The molecule has 1 atom stereocenters. The molecule has 0 aliphatic heterocycles. The van der Waals surface area contributed by atoms with Crippen LogP contribution in [0.2, 0.25) is 0 Å². The summed E-state index contributed by atoms with van der Waals surface area (Å²) in [5.41, 5.74) is 10.2. The average molecular weight is 192 g/mol. The number of nitrogens with zero attached hydrogens (tertiary/aromatic N) is 1. The highest BCUT2D eigenvalue weighted by Crippen LogP contribution is 2.56. The van der Waals surface area contributed by atoms with Crippen LogP contribution in [0.3, 0.4) is 0 Å². The second kappa shape index (κ2) is 2.86. The van der Waals surface area contributed by atoms with Crippen molar-refractivity contribution in [2.75, 3.05) is 0 Å². The van der Waals surface area contributed by atoms with Gasteiger partial charge in [0.25, 0.3) is 0 Å². The van der Waals surface area contributed by atoms with Gasteiger partial charge in [-0.3, -0.25) is 0 Å². The lowest BCUT2D eigenvalue weighted by atomic mass is 10.2. The maximum Gasteiger partial charge on any atom is 0.0393 e. The molecule has 14 heavy (non-hydrogen) atoms. The van der Waals surface area contributed by atoms with E-state index in [4.69, 9.17) is 5.73 Å². The predicted octanol–water partition coefficient (Wildman–Crippen LogP) is 2.53. The van der Waals surface area contributed by atoms with Gasteiger partial charge in [0, 0.05) is 24.0 Å². The maximum absolute atomic E-state index is 5.71. The zero-order valence-corrected chi connectivity index (χ0v) is 9.59. The molecule has 1 aromatic heterocycles. The summed E-state index contributed by atoms with van der Waals surface area (Å²) < 4.78 is 2.46. The van der Waals surface area contributed by atoms with Gasteiger partial charge in [0.05, 0.1) is 0 Å². The standard InChI is InChI=1S/C12H20N2/c1-8-5-10(7-13)9(2)14(8)11-6-12(11,3)4/h5,11H,6-7,13H2,1-4H3. The van der Waals surface area contributed by atoms with Crippen LogP contribution in [0.4, 0.5) is 0 Å². The van der Waals surface area contributed by atoms with E-state index in [0.717, 1.165) is 0 Å². The molecule has 78 valence electrons. The second-order valence-corrected chi connectivity index (χ2v) is 5.18. The van der Waals surface area contributed by atoms with Crippen molar-refractivity contribution in [3.63, 3.8) is 0 Å². The van der Waals surface area contributed by atoms with Gasteiger partial charge in [-0.25, -0.2) is 0 Å². The van der Waals surface area contributed by atoms with Gasteiger partial charge in [0.1, 0.15) is 0 Å². The van der Waals surface area contributed by atoms with Gasteiger partial charge in [-0.05, 0) is 37.3 Å². The van der Waals surface area contributed by atoms with Gasteiger partial charge in [0.15, 0.2) is 0 Å². The molecular formula is C12H20N2. The van der Waals surface area contributed by atoms with Crippen LogP contribution in [-0.4, -0.2) is 4.57 Å². The van der Waals surface area contributed by atoms with Crippen LogP contribution in [0.25, 0.3) is 0 Å². The molecule has 2 nitrogen and oxygen atoms in total. The van der Waals surface area contributed by atoms with Crippen LogP contribution in [0.5, 0.6) is 0 Å². The summed E-state index contributed by atoms with van der Waals surface area (Å²) in [6.45, 7) is 9.69. The number of rotatable bonds is 2. The van der Waals surface area contributed by atoms with E-state index in [0.29, 0.717) is 18.0 Å². The monoisotopic (exact) mass is 192 g/mol. The minimum Gasteiger partial charge on any atom is -0.345 e. The fraction of sp³-hybridized carbons (Fsp3) is 0.667. The molecule has 0 radical (unpaired) electrons. The molecular weight excluding hydrogens is 172 g/mol. The Balaban J connectivity index is 2.39. The number of hydrogen-bond acceptors (Lipinski definition) is 1. The summed E-state index contributed by atoms with van der Waals surface area (Å²) in [6.07, 6.45) is 1.30. The third kappa shape index (κ3) is 1.29. The Labute approximate surface area is 86.1 Å². The lowest BCUT2D eigenvalue weighted by Gasteiger charge is -2.11. The van der Waals surface area contributed by atoms with Gasteiger partial charge >= 0.3 is 0 Å². The van der Waals surface area contributed by atoms with Crippen LogP contribution in [0.1, 0.15) is 43.3 Å². The van der Waals surface area contributed by atoms with Crippen LogP contribution in [-0.2, 0) is 6.54 Å². The van der Waals surface area contributed by atoms with E-state index >= 15 is 0 Å². The topological polar surface area (TPSA) is 30.9 Å². The molecule has 0 saturated heterocycles. The molecule has 1 saturated carbocycles. The van der Waals surface area contributed by atoms with Crippen LogP contribution < -0.4 is 5.73 Å². The van der Waals surface area contributed by atoms with Crippen molar-refractivity contribution in [2.24, 2.45) is 11.1 Å². The van der Waals surface area contributed by atoms with Crippen molar-refractivity contribution in [3.8, 4) is 0 Å². The average Bonchev–Trinajstić information content (AvgIpc) is 2.59. The van der Waals surface area contributed by atoms with Crippen molar-refractivity contribution in [2.45, 2.75) is 46.7 Å². The number of aromatic nitrogens is 1. The molecule has 0 aromatic carbocycles. The first-order chi connectivity index (χ1) is 6.47. The van der Waals surface area contributed by atoms with Crippen LogP contribution in [0, 0.1) is 19.3 Å². The van der Waals surface area contributed by atoms with Crippen molar-refractivity contribution < 1.29 is 0 Å². The molecule has 1 unspecified atom stereocenters. The summed E-state index contributed by atoms with van der Waals surface area (Å²) in [7, 11) is 0. The summed E-state index contributed by atoms with van der Waals surface area (Å²) in [4.78, 5) is 0. The largest absolute Gasteiger partial charge is 0.345 e. The quantitative estimate of drug-likeness (QED) is 0.767. The lowest BCUT2D eigenvalue weighted by Crippen LogP contribution is -2.05. The Bertz CT molecular complexity index is 361. The molecule has 2 N–H and O–H groups in total. The highest BCUT2D eigenvalue weighted by molar-refractivity contribution is 5.29. The molecule has 0 bridgehead atoms. The third-order valence-electron chi connectivity index (χ3n) is 3.58. The smallest absolute Gasteiger partial charge is 0.0393 e. The zero-order chi connectivity index (χ0) is 10.5. The zero-order valence-electron chi connectivity index (χ0n) is 9.59. The SMILES string of the molecule is Cc1cc(CN)c(C)n1C1CC1(C)C. The molecule has 1 aliphatic carbocycles. The van der Waals surface area contributed by atoms with Crippen LogP contribution in [0.15, 0.2) is 6.07 Å². The molecule has 1 heterocycles. The Morgan fingerprint density at radius 1 is 1.50 bits per heavy atom. The molecule has 2 rings (SSSR count). The van der Waals surface area contributed by atoms with Crippen molar-refractivity contribution in [3.05, 3.63) is 23.0 Å². The Morgan fingerprint density at radius 3 is 2.43 bits per heavy atom. The van der Waals surface area contributed by atoms with Gasteiger partial charge in [-0.2, -0.15) is 0 Å². The highest BCUT2D eigenvalue weighted by Gasteiger charge is 2.47. The van der Waals surface area contributed by atoms with Crippen molar-refractivity contribution >= 4 is 0 Å². The fourth-order valence-electron chi connectivity index (χ4n) is 2.41. The number of nitrogens with two attached hydrogens (primary N) is 1. The van der Waals surface area contributed by atoms with E-state index in [2.05, 4.69) is 38.3 Å². The first-order valence-electron chi connectivity index (χ1n) is 5.35. The molecule has 2 heteroatoms. The summed E-state index contributed by atoms with van der Waals surface area (Å²) in [6, 6.07) is 2.92. The molecule has 1 aromatic rings. The van der Waals surface area contributed by atoms with Crippen LogP contribution >= 0.6 is 0 Å². The number of aryl methyl sites for hydroxylation is 1. The van der Waals surface area contributed by atoms with E-state index in [1.54, 1.807) is 0 Å². The lowest BCUT2D eigenvalue weighted by molar-refractivity contribution is 0.528. The van der Waals surface area contributed by atoms with E-state index in [1.807, 2.05) is 0 Å². The third-order valence-corrected chi connectivity index (χ3v) is 3.58. The number of hydrogen-bond donors (Lipinski definition) is 1. The summed E-state index contributed by atoms with van der Waals surface area (Å²) in [5, 5.41) is 0. The minimum absolute atomic E-state index is 0.487. The Kier molecular flexibility index (Phi) is 2.00. The van der Waals surface area contributed by atoms with Gasteiger partial charge in [0.2, 0.25) is 0 Å². The minimum atomic E-state index is 0.487. The Hall–Kier alpha value is -0.760. The van der Waals surface area contributed by atoms with E-state index < -0.39 is 0 Å². The molecule has 1 fully saturated rings. The normalized spacial score (nSPS) is 23.9. The van der Waals surface area contributed by atoms with E-state index in [1.165, 1.54) is 23.4 Å². The first kappa shape index (κ1) is 9.78. The van der Waals surface area contributed by atoms with Gasteiger partial charge in [-0.15, -0.1) is 0 Å². The fourth-order valence-corrected chi connectivity index (χ4v) is 2.41. The summed E-state index contributed by atoms with van der Waals surface area (Å²) >= 11 is 0. The molecule has 1 aliphatic rings. The predicted molar refractivity (Wildman–Crippen MR) is 59.2 cm³/mol. The van der Waals surface area contributed by atoms with Gasteiger partial charge in [-0.1, -0.05) is 13.8 Å². The molecule has 0 spiro atoms. The second-order valence-electron chi connectivity index (χ2n) is 5.18. The van der Waals surface area contributed by atoms with E-state index in [-0.39, 0.29) is 0 Å². The van der Waals surface area contributed by atoms with Crippen molar-refractivity contribution in [1.82, 2.24) is 4.57 Å². The van der Waals surface area contributed by atoms with Gasteiger partial charge < -0.3 is 10.3 Å². The highest BCUT2D eigenvalue weighted by atomic mass is 15.1. The maximum atomic E-state index is 5.71. The molecule has 0 amide bonds. The van der Waals surface area contributed by atoms with Crippen molar-refractivity contribution in [1.29, 1.82) is 0 Å². The summed E-state index contributed by atoms with van der Waals surface area (Å²) in [5.74, 6) is 0.